The lowest BCUT2D eigenvalue weighted by atomic mass is 9.57. The van der Waals surface area contributed by atoms with Gasteiger partial charge in [0, 0.05) is 36.3 Å². The number of rotatable bonds is 5. The van der Waals surface area contributed by atoms with E-state index >= 15 is 0 Å². The van der Waals surface area contributed by atoms with Crippen molar-refractivity contribution in [3.8, 4) is 5.75 Å². The molecule has 0 aliphatic heterocycles. The summed E-state index contributed by atoms with van der Waals surface area (Å²) < 4.78 is 40.8. The van der Waals surface area contributed by atoms with Crippen LogP contribution in [-0.4, -0.2) is 88.7 Å². The third-order valence-electron chi connectivity index (χ3n) is 8.96. The zero-order valence-corrected chi connectivity index (χ0v) is 26.6. The highest BCUT2D eigenvalue weighted by molar-refractivity contribution is 6.30. The second-order valence-corrected chi connectivity index (χ2v) is 12.7. The fourth-order valence-electron chi connectivity index (χ4n) is 6.92. The van der Waals surface area contributed by atoms with E-state index in [0.717, 1.165) is 12.1 Å². The molecule has 3 amide bonds. The molecule has 48 heavy (non-hydrogen) atoms. The van der Waals surface area contributed by atoms with Crippen molar-refractivity contribution in [1.29, 1.82) is 0 Å². The topological polar surface area (TPSA) is 206 Å². The highest BCUT2D eigenvalue weighted by Gasteiger charge is 2.64. The zero-order valence-electron chi connectivity index (χ0n) is 25.9. The van der Waals surface area contributed by atoms with Crippen molar-refractivity contribution in [2.45, 2.75) is 30.7 Å². The number of fused-ring (bicyclic) bond motifs is 3. The summed E-state index contributed by atoms with van der Waals surface area (Å²) in [6, 6.07) is 1.56. The molecule has 3 aliphatic rings. The van der Waals surface area contributed by atoms with Gasteiger partial charge < -0.3 is 41.7 Å². The number of nitrogens with zero attached hydrogens (tertiary/aromatic N) is 2. The van der Waals surface area contributed by atoms with E-state index in [4.69, 9.17) is 17.3 Å². The van der Waals surface area contributed by atoms with Gasteiger partial charge in [-0.05, 0) is 62.7 Å². The second kappa shape index (κ2) is 11.7. The number of nitrogens with two attached hydrogens (primary N) is 1. The van der Waals surface area contributed by atoms with Crippen LogP contribution in [-0.2, 0) is 27.0 Å². The average Bonchev–Trinajstić information content (AvgIpc) is 2.96. The first-order chi connectivity index (χ1) is 22.2. The molecule has 0 aromatic heterocycles. The van der Waals surface area contributed by atoms with E-state index < -0.39 is 92.8 Å². The number of primary amides is 1. The number of ketones is 2. The van der Waals surface area contributed by atoms with Crippen LogP contribution < -0.4 is 21.3 Å². The Hall–Kier alpha value is -4.80. The number of aliphatic hydroxyl groups is 3. The number of hydrogen-bond donors (Lipinski definition) is 7. The quantitative estimate of drug-likeness (QED) is 0.180. The van der Waals surface area contributed by atoms with Crippen molar-refractivity contribution in [2.75, 3.05) is 43.7 Å². The molecular formula is C31H31ClF3N5O8. The van der Waals surface area contributed by atoms with Crippen molar-refractivity contribution in [3.63, 3.8) is 0 Å². The van der Waals surface area contributed by atoms with Gasteiger partial charge in [0.1, 0.15) is 17.1 Å². The number of alkyl halides is 3. The van der Waals surface area contributed by atoms with Gasteiger partial charge in [-0.2, -0.15) is 13.2 Å². The molecule has 0 spiro atoms. The lowest BCUT2D eigenvalue weighted by molar-refractivity contribution is -0.153. The number of nitrogens with one attached hydrogen (secondary N) is 2. The Morgan fingerprint density at radius 3 is 2.23 bits per heavy atom. The number of anilines is 3. The fraction of sp³-hybridized carbons (Fsp3) is 0.355. The summed E-state index contributed by atoms with van der Waals surface area (Å²) in [7, 11) is 6.18. The van der Waals surface area contributed by atoms with E-state index in [0.29, 0.717) is 17.3 Å². The normalized spacial score (nSPS) is 23.8. The van der Waals surface area contributed by atoms with Crippen LogP contribution in [0.3, 0.4) is 0 Å². The maximum absolute atomic E-state index is 14.1. The molecule has 0 heterocycles. The Labute approximate surface area is 276 Å². The van der Waals surface area contributed by atoms with Crippen molar-refractivity contribution in [1.82, 2.24) is 4.90 Å². The van der Waals surface area contributed by atoms with Crippen LogP contribution in [0.4, 0.5) is 35.0 Å². The standard InChI is InChI=1S/C31H31ClF3N5O8/c1-39(2)18-10-17(38-29(47)37-16-6-5-12(32)9-14(16)31(33,34)35)23(41)20-13(18)7-11-8-15-22(40(3)4)25(43)21(28(36)46)27(45)30(15,48)26(44)19(11)24(20)42/h5-6,9-11,15,22,41-42,45,48H,7-8H2,1-4H3,(H2,36,46)(H2,37,38,47). The smallest absolute Gasteiger partial charge is 0.418 e. The van der Waals surface area contributed by atoms with Gasteiger partial charge in [0.05, 0.1) is 28.5 Å². The largest absolute Gasteiger partial charge is 0.508 e. The first-order valence-electron chi connectivity index (χ1n) is 14.4. The first-order valence-corrected chi connectivity index (χ1v) is 14.7. The summed E-state index contributed by atoms with van der Waals surface area (Å²) in [5, 5.41) is 49.8. The highest BCUT2D eigenvalue weighted by Crippen LogP contribution is 2.54. The van der Waals surface area contributed by atoms with Crippen LogP contribution in [0, 0.1) is 11.8 Å². The minimum atomic E-state index is -4.87. The lowest BCUT2D eigenvalue weighted by Crippen LogP contribution is -2.65. The molecule has 2 aromatic rings. The summed E-state index contributed by atoms with van der Waals surface area (Å²) in [5.74, 6) is -8.43. The molecule has 0 saturated heterocycles. The molecule has 4 atom stereocenters. The minimum absolute atomic E-state index is 0.0260. The SMILES string of the molecule is CN(C)c1cc(NC(=O)Nc2ccc(Cl)cc2C(F)(F)F)c(O)c2c1CC1CC3C(N(C)C)C(=O)C(C(N)=O)=C(O)C3(O)C(=O)C1=C2O. The van der Waals surface area contributed by atoms with E-state index in [1.54, 1.807) is 19.0 Å². The zero-order chi connectivity index (χ0) is 35.8. The molecular weight excluding hydrogens is 663 g/mol. The van der Waals surface area contributed by atoms with Crippen molar-refractivity contribution in [3.05, 3.63) is 62.9 Å². The van der Waals surface area contributed by atoms with E-state index in [-0.39, 0.29) is 29.1 Å². The molecule has 5 rings (SSSR count). The highest BCUT2D eigenvalue weighted by atomic mass is 35.5. The van der Waals surface area contributed by atoms with Crippen molar-refractivity contribution >= 4 is 57.9 Å². The summed E-state index contributed by atoms with van der Waals surface area (Å²) in [6.07, 6.45) is -5.03. The summed E-state index contributed by atoms with van der Waals surface area (Å²) in [6.45, 7) is 0. The molecule has 0 bridgehead atoms. The molecule has 13 nitrogen and oxygen atoms in total. The van der Waals surface area contributed by atoms with Gasteiger partial charge >= 0.3 is 12.2 Å². The van der Waals surface area contributed by atoms with Crippen molar-refractivity contribution in [2.24, 2.45) is 17.6 Å². The third kappa shape index (κ3) is 5.29. The number of amides is 3. The predicted octanol–water partition coefficient (Wildman–Crippen LogP) is 3.35. The Bertz CT molecular complexity index is 1860. The molecule has 1 saturated carbocycles. The van der Waals surface area contributed by atoms with Crippen LogP contribution in [0.25, 0.3) is 5.76 Å². The Morgan fingerprint density at radius 2 is 1.67 bits per heavy atom. The fourth-order valence-corrected chi connectivity index (χ4v) is 7.09. The van der Waals surface area contributed by atoms with E-state index in [2.05, 4.69) is 10.6 Å². The number of carbonyl (C=O) groups is 4. The molecule has 2 aromatic carbocycles. The molecule has 17 heteroatoms. The van der Waals surface area contributed by atoms with Gasteiger partial charge in [-0.1, -0.05) is 11.6 Å². The van der Waals surface area contributed by atoms with E-state index in [1.807, 2.05) is 0 Å². The molecule has 1 fully saturated rings. The first kappa shape index (κ1) is 34.5. The maximum atomic E-state index is 14.1. The van der Waals surface area contributed by atoms with Crippen LogP contribution in [0.5, 0.6) is 5.75 Å². The van der Waals surface area contributed by atoms with Gasteiger partial charge in [0.15, 0.2) is 17.1 Å². The van der Waals surface area contributed by atoms with Crippen LogP contribution in [0.2, 0.25) is 5.02 Å². The molecule has 256 valence electrons. The van der Waals surface area contributed by atoms with Crippen LogP contribution in [0.1, 0.15) is 23.1 Å². The van der Waals surface area contributed by atoms with Crippen LogP contribution in [0.15, 0.2) is 41.2 Å². The van der Waals surface area contributed by atoms with Gasteiger partial charge in [0.25, 0.3) is 5.91 Å². The number of phenols is 1. The summed E-state index contributed by atoms with van der Waals surface area (Å²) in [5.41, 5.74) is -0.786. The molecule has 4 unspecified atom stereocenters. The average molecular weight is 694 g/mol. The number of aromatic hydroxyl groups is 1. The molecule has 8 N–H and O–H groups in total. The molecule has 3 aliphatic carbocycles. The maximum Gasteiger partial charge on any atom is 0.418 e. The van der Waals surface area contributed by atoms with Crippen molar-refractivity contribution < 1.29 is 52.8 Å². The number of halogens is 4. The Balaban J connectivity index is 1.62. The number of likely N-dealkylation sites (N-methyl/N-ethyl adjacent to an activating group) is 1. The predicted molar refractivity (Wildman–Crippen MR) is 168 cm³/mol. The number of phenolic OH excluding ortho intramolecular Hbond substituents is 1. The minimum Gasteiger partial charge on any atom is -0.508 e. The van der Waals surface area contributed by atoms with E-state index in [9.17, 15) is 52.8 Å². The number of hydrogen-bond acceptors (Lipinski definition) is 10. The van der Waals surface area contributed by atoms with Gasteiger partial charge in [-0.15, -0.1) is 0 Å². The molecule has 0 radical (unpaired) electrons. The monoisotopic (exact) mass is 693 g/mol. The summed E-state index contributed by atoms with van der Waals surface area (Å²) in [4.78, 5) is 55.5. The third-order valence-corrected chi connectivity index (χ3v) is 9.20. The van der Waals surface area contributed by atoms with Gasteiger partial charge in [-0.3, -0.25) is 19.3 Å². The lowest BCUT2D eigenvalue weighted by Gasteiger charge is -2.50. The summed E-state index contributed by atoms with van der Waals surface area (Å²) >= 11 is 5.71. The Morgan fingerprint density at radius 1 is 1.04 bits per heavy atom. The second-order valence-electron chi connectivity index (χ2n) is 12.3. The van der Waals surface area contributed by atoms with Crippen LogP contribution >= 0.6 is 11.6 Å². The number of aliphatic hydroxyl groups excluding tert-OH is 2. The van der Waals surface area contributed by atoms with Gasteiger partial charge in [0.2, 0.25) is 5.78 Å². The number of benzene rings is 2. The number of urea groups is 1. The number of carbonyl (C=O) groups excluding carboxylic acids is 4. The number of Topliss-reactive ketones (excluding diaryl/α,β-unsaturated/α-hetero) is 2. The van der Waals surface area contributed by atoms with E-state index in [1.165, 1.54) is 25.1 Å². The Kier molecular flexibility index (Phi) is 8.43. The van der Waals surface area contributed by atoms with Gasteiger partial charge in [-0.25, -0.2) is 4.79 Å².